The number of rotatable bonds is 7. The van der Waals surface area contributed by atoms with Crippen molar-refractivity contribution in [1.29, 1.82) is 0 Å². The lowest BCUT2D eigenvalue weighted by atomic mass is 10.0. The van der Waals surface area contributed by atoms with Crippen LogP contribution < -0.4 is 4.72 Å². The van der Waals surface area contributed by atoms with Crippen LogP contribution >= 0.6 is 0 Å². The number of ether oxygens (including phenoxy) is 1. The second-order valence-electron chi connectivity index (χ2n) is 5.58. The molecule has 2 rings (SSSR count). The summed E-state index contributed by atoms with van der Waals surface area (Å²) < 4.78 is 32.9. The maximum absolute atomic E-state index is 12.7. The SMILES string of the molecule is C=C=C(c1ccccc1)[C@H](NS(=O)(=O)c1ccc(C)cc1)C(=O)OCC. The number of carbonyl (C=O) groups excluding carboxylic acids is 1. The number of sulfonamides is 1. The quantitative estimate of drug-likeness (QED) is 0.600. The van der Waals surface area contributed by atoms with Crippen molar-refractivity contribution in [2.75, 3.05) is 6.61 Å². The van der Waals surface area contributed by atoms with Crippen molar-refractivity contribution in [3.63, 3.8) is 0 Å². The van der Waals surface area contributed by atoms with E-state index in [0.29, 0.717) is 11.1 Å². The minimum absolute atomic E-state index is 0.0638. The number of carbonyl (C=O) groups is 1. The van der Waals surface area contributed by atoms with Crippen LogP contribution in [-0.4, -0.2) is 27.0 Å². The summed E-state index contributed by atoms with van der Waals surface area (Å²) in [4.78, 5) is 12.5. The van der Waals surface area contributed by atoms with Crippen LogP contribution in [0.25, 0.3) is 5.57 Å². The molecule has 0 unspecified atom stereocenters. The summed E-state index contributed by atoms with van der Waals surface area (Å²) in [5.41, 5.74) is 4.55. The molecule has 0 bridgehead atoms. The monoisotopic (exact) mass is 371 g/mol. The zero-order chi connectivity index (χ0) is 19.2. The highest BCUT2D eigenvalue weighted by atomic mass is 32.2. The Morgan fingerprint density at radius 3 is 2.31 bits per heavy atom. The number of hydrogen-bond acceptors (Lipinski definition) is 4. The number of nitrogens with one attached hydrogen (secondary N) is 1. The van der Waals surface area contributed by atoms with Gasteiger partial charge in [0, 0.05) is 5.57 Å². The lowest BCUT2D eigenvalue weighted by molar-refractivity contribution is -0.143. The Bertz CT molecular complexity index is 912. The summed E-state index contributed by atoms with van der Waals surface area (Å²) in [6, 6.07) is 14.0. The average Bonchev–Trinajstić information content (AvgIpc) is 2.63. The molecule has 2 aromatic carbocycles. The van der Waals surface area contributed by atoms with Gasteiger partial charge in [0.2, 0.25) is 10.0 Å². The molecule has 0 saturated carbocycles. The predicted octanol–water partition coefficient (Wildman–Crippen LogP) is 3.07. The normalized spacial score (nSPS) is 12.1. The van der Waals surface area contributed by atoms with Crippen LogP contribution in [-0.2, 0) is 19.6 Å². The molecule has 0 aromatic heterocycles. The summed E-state index contributed by atoms with van der Waals surface area (Å²) in [6.07, 6.45) is 0. The van der Waals surface area contributed by atoms with Gasteiger partial charge in [0.1, 0.15) is 0 Å². The second kappa shape index (κ2) is 8.63. The molecule has 1 atom stereocenters. The largest absolute Gasteiger partial charge is 0.465 e. The maximum atomic E-state index is 12.7. The fraction of sp³-hybridized carbons (Fsp3) is 0.200. The first-order valence-corrected chi connectivity index (χ1v) is 9.58. The van der Waals surface area contributed by atoms with Crippen molar-refractivity contribution in [1.82, 2.24) is 4.72 Å². The van der Waals surface area contributed by atoms with Gasteiger partial charge in [-0.15, -0.1) is 5.73 Å². The zero-order valence-corrected chi connectivity index (χ0v) is 15.5. The Hall–Kier alpha value is -2.66. The van der Waals surface area contributed by atoms with Crippen LogP contribution in [0.5, 0.6) is 0 Å². The Kier molecular flexibility index (Phi) is 6.52. The van der Waals surface area contributed by atoms with Crippen LogP contribution in [0.2, 0.25) is 0 Å². The third kappa shape index (κ3) is 4.70. The van der Waals surface area contributed by atoms with Crippen molar-refractivity contribution in [2.45, 2.75) is 24.8 Å². The van der Waals surface area contributed by atoms with E-state index in [0.717, 1.165) is 5.56 Å². The first-order chi connectivity index (χ1) is 12.4. The smallest absolute Gasteiger partial charge is 0.329 e. The molecule has 5 nitrogen and oxygen atoms in total. The lowest BCUT2D eigenvalue weighted by Crippen LogP contribution is -2.42. The molecule has 0 fully saturated rings. The summed E-state index contributed by atoms with van der Waals surface area (Å²) in [6.45, 7) is 7.25. The molecule has 0 aliphatic carbocycles. The Balaban J connectivity index is 2.43. The van der Waals surface area contributed by atoms with Gasteiger partial charge in [0.05, 0.1) is 11.5 Å². The van der Waals surface area contributed by atoms with E-state index in [2.05, 4.69) is 17.0 Å². The fourth-order valence-electron chi connectivity index (χ4n) is 2.38. The predicted molar refractivity (Wildman–Crippen MR) is 101 cm³/mol. The van der Waals surface area contributed by atoms with Crippen molar-refractivity contribution in [2.24, 2.45) is 0 Å². The second-order valence-corrected chi connectivity index (χ2v) is 7.29. The summed E-state index contributed by atoms with van der Waals surface area (Å²) in [5, 5.41) is 0. The van der Waals surface area contributed by atoms with E-state index in [-0.39, 0.29) is 11.5 Å². The van der Waals surface area contributed by atoms with E-state index < -0.39 is 22.0 Å². The van der Waals surface area contributed by atoms with Gasteiger partial charge in [-0.05, 0) is 31.5 Å². The van der Waals surface area contributed by atoms with E-state index >= 15 is 0 Å². The van der Waals surface area contributed by atoms with Crippen molar-refractivity contribution in [3.05, 3.63) is 78.0 Å². The van der Waals surface area contributed by atoms with Crippen LogP contribution in [0.1, 0.15) is 18.1 Å². The van der Waals surface area contributed by atoms with E-state index in [4.69, 9.17) is 4.74 Å². The molecule has 6 heteroatoms. The first-order valence-electron chi connectivity index (χ1n) is 8.10. The maximum Gasteiger partial charge on any atom is 0.329 e. The highest BCUT2D eigenvalue weighted by Gasteiger charge is 2.30. The number of benzene rings is 2. The van der Waals surface area contributed by atoms with Crippen molar-refractivity contribution >= 4 is 21.6 Å². The molecule has 2 aromatic rings. The molecule has 136 valence electrons. The van der Waals surface area contributed by atoms with E-state index in [1.54, 1.807) is 43.3 Å². The highest BCUT2D eigenvalue weighted by Crippen LogP contribution is 2.21. The molecule has 0 spiro atoms. The highest BCUT2D eigenvalue weighted by molar-refractivity contribution is 7.89. The summed E-state index contributed by atoms with van der Waals surface area (Å²) in [5.74, 6) is -0.710. The Labute approximate surface area is 154 Å². The fourth-order valence-corrected chi connectivity index (χ4v) is 3.53. The lowest BCUT2D eigenvalue weighted by Gasteiger charge is -2.19. The van der Waals surface area contributed by atoms with E-state index in [1.165, 1.54) is 12.1 Å². The molecular formula is C20H21NO4S. The third-order valence-corrected chi connectivity index (χ3v) is 5.13. The topological polar surface area (TPSA) is 72.5 Å². The average molecular weight is 371 g/mol. The Morgan fingerprint density at radius 1 is 1.15 bits per heavy atom. The molecule has 0 aliphatic heterocycles. The summed E-state index contributed by atoms with van der Waals surface area (Å²) >= 11 is 0. The van der Waals surface area contributed by atoms with E-state index in [1.807, 2.05) is 13.0 Å². The van der Waals surface area contributed by atoms with Gasteiger partial charge in [0.25, 0.3) is 0 Å². The molecule has 0 saturated heterocycles. The minimum atomic E-state index is -3.94. The molecule has 0 heterocycles. The third-order valence-electron chi connectivity index (χ3n) is 3.69. The minimum Gasteiger partial charge on any atom is -0.465 e. The zero-order valence-electron chi connectivity index (χ0n) is 14.7. The molecular weight excluding hydrogens is 350 g/mol. The number of hydrogen-bond donors (Lipinski definition) is 1. The molecule has 26 heavy (non-hydrogen) atoms. The van der Waals surface area contributed by atoms with E-state index in [9.17, 15) is 13.2 Å². The van der Waals surface area contributed by atoms with Crippen molar-refractivity contribution < 1.29 is 17.9 Å². The van der Waals surface area contributed by atoms with Gasteiger partial charge in [-0.25, -0.2) is 13.2 Å². The van der Waals surface area contributed by atoms with Gasteiger partial charge in [-0.1, -0.05) is 54.6 Å². The van der Waals surface area contributed by atoms with Crippen molar-refractivity contribution in [3.8, 4) is 0 Å². The standard InChI is InChI=1S/C20H21NO4S/c1-4-18(16-9-7-6-8-10-16)19(20(22)25-5-2)21-26(23,24)17-13-11-15(3)12-14-17/h6-14,19,21H,1,5H2,2-3H3/t19-/m0/s1. The molecule has 0 aliphatic rings. The van der Waals surface area contributed by atoms with Crippen LogP contribution in [0, 0.1) is 6.92 Å². The van der Waals surface area contributed by atoms with Gasteiger partial charge in [0.15, 0.2) is 6.04 Å². The number of aryl methyl sites for hydroxylation is 1. The van der Waals surface area contributed by atoms with Gasteiger partial charge in [-0.3, -0.25) is 0 Å². The van der Waals surface area contributed by atoms with Gasteiger partial charge < -0.3 is 4.74 Å². The van der Waals surface area contributed by atoms with Crippen LogP contribution in [0.4, 0.5) is 0 Å². The summed E-state index contributed by atoms with van der Waals surface area (Å²) in [7, 11) is -3.94. The van der Waals surface area contributed by atoms with Gasteiger partial charge in [-0.2, -0.15) is 4.72 Å². The molecule has 0 radical (unpaired) electrons. The first kappa shape index (κ1) is 19.7. The molecule has 0 amide bonds. The molecule has 1 N–H and O–H groups in total. The van der Waals surface area contributed by atoms with Gasteiger partial charge >= 0.3 is 5.97 Å². The van der Waals surface area contributed by atoms with Crippen LogP contribution in [0.15, 0.2) is 71.8 Å². The van der Waals surface area contributed by atoms with Crippen LogP contribution in [0.3, 0.4) is 0 Å². The Morgan fingerprint density at radius 2 is 1.77 bits per heavy atom. The number of esters is 1.